The van der Waals surface area contributed by atoms with Crippen LogP contribution in [-0.4, -0.2) is 70.8 Å². The van der Waals surface area contributed by atoms with Crippen LogP contribution in [-0.2, 0) is 16.2 Å². The number of benzene rings is 1. The van der Waals surface area contributed by atoms with E-state index in [9.17, 15) is 9.90 Å². The molecule has 3 aromatic rings. The van der Waals surface area contributed by atoms with E-state index in [1.54, 1.807) is 17.0 Å². The number of nitrogens with zero attached hydrogens (tertiary/aromatic N) is 4. The van der Waals surface area contributed by atoms with Crippen LogP contribution in [0.3, 0.4) is 0 Å². The molecular weight excluding hydrogens is 488 g/mol. The molecule has 1 fully saturated rings. The summed E-state index contributed by atoms with van der Waals surface area (Å²) < 4.78 is 19.6. The molecule has 0 atom stereocenters. The number of para-hydroxylation sites is 1. The van der Waals surface area contributed by atoms with Crippen molar-refractivity contribution in [1.82, 2.24) is 19.7 Å². The minimum Gasteiger partial charge on any atom is -0.507 e. The van der Waals surface area contributed by atoms with E-state index in [0.29, 0.717) is 55.7 Å². The molecule has 0 bridgehead atoms. The second-order valence-electron chi connectivity index (χ2n) is 11.9. The first-order chi connectivity index (χ1) is 17.4. The fourth-order valence-electron chi connectivity index (χ4n) is 3.99. The molecule has 200 valence electrons. The highest BCUT2D eigenvalue weighted by Gasteiger charge is 2.34. The van der Waals surface area contributed by atoms with Crippen LogP contribution in [0.1, 0.15) is 20.8 Å². The van der Waals surface area contributed by atoms with Gasteiger partial charge >= 0.3 is 6.09 Å². The van der Waals surface area contributed by atoms with E-state index < -0.39 is 13.7 Å². The Morgan fingerprint density at radius 3 is 2.57 bits per heavy atom. The molecule has 0 aliphatic carbocycles. The summed E-state index contributed by atoms with van der Waals surface area (Å²) in [6.07, 6.45) is 1.60. The first-order valence-electron chi connectivity index (χ1n) is 12.7. The molecule has 0 radical (unpaired) electrons. The molecule has 1 aliphatic rings. The van der Waals surface area contributed by atoms with Crippen molar-refractivity contribution in [2.75, 3.05) is 26.3 Å². The Labute approximate surface area is 219 Å². The summed E-state index contributed by atoms with van der Waals surface area (Å²) in [6.45, 7) is 15.3. The summed E-state index contributed by atoms with van der Waals surface area (Å²) in [7, 11) is -1.19. The van der Waals surface area contributed by atoms with Gasteiger partial charge in [0.2, 0.25) is 0 Å². The molecule has 1 aromatic carbocycles. The van der Waals surface area contributed by atoms with E-state index >= 15 is 0 Å². The van der Waals surface area contributed by atoms with Crippen LogP contribution in [0, 0.1) is 5.92 Å². The second kappa shape index (κ2) is 10.7. The van der Waals surface area contributed by atoms with Crippen LogP contribution in [0.5, 0.6) is 11.5 Å². The van der Waals surface area contributed by atoms with Crippen LogP contribution in [0.2, 0.25) is 25.7 Å². The average molecular weight is 527 g/mol. The third kappa shape index (κ3) is 7.01. The maximum atomic E-state index is 12.2. The number of phenols is 1. The van der Waals surface area contributed by atoms with Crippen LogP contribution < -0.4 is 4.74 Å². The fourth-order valence-corrected chi connectivity index (χ4v) is 4.74. The molecule has 1 saturated heterocycles. The van der Waals surface area contributed by atoms with Crippen molar-refractivity contribution in [1.29, 1.82) is 0 Å². The third-order valence-electron chi connectivity index (χ3n) is 6.08. The molecule has 1 amide bonds. The molecule has 3 heterocycles. The average Bonchev–Trinajstić information content (AvgIpc) is 3.11. The number of hydrogen-bond donors (Lipinski definition) is 1. The van der Waals surface area contributed by atoms with Gasteiger partial charge in [0.1, 0.15) is 23.8 Å². The van der Waals surface area contributed by atoms with Gasteiger partial charge in [0.25, 0.3) is 0 Å². The van der Waals surface area contributed by atoms with Crippen LogP contribution in [0.25, 0.3) is 22.3 Å². The number of ether oxygens (including phenoxy) is 3. The van der Waals surface area contributed by atoms with Crippen LogP contribution in [0.15, 0.2) is 36.5 Å². The zero-order chi connectivity index (χ0) is 26.8. The lowest BCUT2D eigenvalue weighted by molar-refractivity contribution is -0.00777. The van der Waals surface area contributed by atoms with Crippen molar-refractivity contribution in [2.24, 2.45) is 5.92 Å². The topological polar surface area (TPSA) is 98.9 Å². The Morgan fingerprint density at radius 1 is 1.16 bits per heavy atom. The number of carbonyl (C=O) groups is 1. The third-order valence-corrected chi connectivity index (χ3v) is 7.78. The van der Waals surface area contributed by atoms with Crippen molar-refractivity contribution in [3.63, 3.8) is 0 Å². The van der Waals surface area contributed by atoms with E-state index in [4.69, 9.17) is 14.2 Å². The van der Waals surface area contributed by atoms with Gasteiger partial charge in [-0.05, 0) is 45.0 Å². The van der Waals surface area contributed by atoms with Gasteiger partial charge in [-0.3, -0.25) is 0 Å². The van der Waals surface area contributed by atoms with E-state index in [2.05, 4.69) is 29.8 Å². The lowest BCUT2D eigenvalue weighted by atomic mass is 10.0. The predicted octanol–water partition coefficient (Wildman–Crippen LogP) is 5.36. The van der Waals surface area contributed by atoms with Crippen molar-refractivity contribution < 1.29 is 24.1 Å². The molecule has 1 N–H and O–H groups in total. The highest BCUT2D eigenvalue weighted by molar-refractivity contribution is 6.76. The highest BCUT2D eigenvalue weighted by Crippen LogP contribution is 2.33. The smallest absolute Gasteiger partial charge is 0.410 e. The van der Waals surface area contributed by atoms with Gasteiger partial charge in [-0.25, -0.2) is 4.79 Å². The number of aromatic nitrogens is 3. The second-order valence-corrected chi connectivity index (χ2v) is 17.5. The number of carbonyl (C=O) groups excluding carboxylic acids is 1. The summed E-state index contributed by atoms with van der Waals surface area (Å²) >= 11 is 0. The van der Waals surface area contributed by atoms with Crippen molar-refractivity contribution in [2.45, 2.75) is 58.8 Å². The lowest BCUT2D eigenvalue weighted by Crippen LogP contribution is -2.53. The van der Waals surface area contributed by atoms with Gasteiger partial charge in [-0.2, -0.15) is 0 Å². The van der Waals surface area contributed by atoms with Crippen LogP contribution >= 0.6 is 0 Å². The number of phenolic OH excluding ortho intramolecular Hbond substituents is 1. The molecule has 37 heavy (non-hydrogen) atoms. The molecule has 2 aromatic heterocycles. The summed E-state index contributed by atoms with van der Waals surface area (Å²) in [5, 5.41) is 19.9. The SMILES string of the molecule is CC(C)(C)OC(=O)N1CC(COc2cn(COCC[Si](C)(C)C)c3nnc(-c4ccccc4O)cc23)C1. The summed E-state index contributed by atoms with van der Waals surface area (Å²) in [5.41, 5.74) is 1.32. The monoisotopic (exact) mass is 526 g/mol. The zero-order valence-electron chi connectivity index (χ0n) is 22.7. The van der Waals surface area contributed by atoms with E-state index in [0.717, 1.165) is 11.4 Å². The lowest BCUT2D eigenvalue weighted by Gasteiger charge is -2.39. The van der Waals surface area contributed by atoms with E-state index in [-0.39, 0.29) is 17.8 Å². The molecule has 0 saturated carbocycles. The number of aromatic hydroxyl groups is 1. The number of rotatable bonds is 9. The number of likely N-dealkylation sites (tertiary alicyclic amines) is 1. The fraction of sp³-hybridized carbons (Fsp3) is 0.519. The van der Waals surface area contributed by atoms with Gasteiger partial charge in [-0.15, -0.1) is 10.2 Å². The summed E-state index contributed by atoms with van der Waals surface area (Å²) in [5.74, 6) is 1.03. The predicted molar refractivity (Wildman–Crippen MR) is 146 cm³/mol. The van der Waals surface area contributed by atoms with Gasteiger partial charge in [0, 0.05) is 39.3 Å². The normalized spacial score (nSPS) is 14.6. The Kier molecular flexibility index (Phi) is 7.79. The van der Waals surface area contributed by atoms with Crippen molar-refractivity contribution >= 4 is 25.2 Å². The summed E-state index contributed by atoms with van der Waals surface area (Å²) in [4.78, 5) is 13.9. The Hall–Kier alpha value is -3.11. The molecule has 10 heteroatoms. The number of amides is 1. The van der Waals surface area contributed by atoms with Crippen molar-refractivity contribution in [3.8, 4) is 22.8 Å². The highest BCUT2D eigenvalue weighted by atomic mass is 28.3. The number of fused-ring (bicyclic) bond motifs is 1. The standard InChI is InChI=1S/C27H38N4O5Si/c1-27(2,3)36-26(33)30-14-19(15-30)17-35-24-16-31(18-34-11-12-37(4,5)6)25-21(24)13-22(28-29-25)20-9-7-8-10-23(20)32/h7-10,13,16,19,32H,11-12,14-15,17-18H2,1-6H3. The minimum atomic E-state index is -1.19. The molecule has 4 rings (SSSR count). The van der Waals surface area contributed by atoms with Gasteiger partial charge in [0.05, 0.1) is 23.9 Å². The minimum absolute atomic E-state index is 0.143. The van der Waals surface area contributed by atoms with Gasteiger partial charge in [0.15, 0.2) is 5.65 Å². The van der Waals surface area contributed by atoms with Crippen molar-refractivity contribution in [3.05, 3.63) is 36.5 Å². The Balaban J connectivity index is 1.49. The zero-order valence-corrected chi connectivity index (χ0v) is 23.7. The molecule has 9 nitrogen and oxygen atoms in total. The van der Waals surface area contributed by atoms with Crippen LogP contribution in [0.4, 0.5) is 4.79 Å². The van der Waals surface area contributed by atoms with Gasteiger partial charge in [-0.1, -0.05) is 31.8 Å². The van der Waals surface area contributed by atoms with E-state index in [1.807, 2.05) is 49.7 Å². The first kappa shape index (κ1) is 26.9. The molecule has 0 spiro atoms. The maximum Gasteiger partial charge on any atom is 0.410 e. The maximum absolute atomic E-state index is 12.2. The Bertz CT molecular complexity index is 1240. The van der Waals surface area contributed by atoms with Gasteiger partial charge < -0.3 is 28.8 Å². The number of hydrogen-bond acceptors (Lipinski definition) is 7. The largest absolute Gasteiger partial charge is 0.507 e. The molecule has 1 aliphatic heterocycles. The first-order valence-corrected chi connectivity index (χ1v) is 16.4. The Morgan fingerprint density at radius 2 is 1.89 bits per heavy atom. The molecular formula is C27H38N4O5Si. The van der Waals surface area contributed by atoms with E-state index in [1.165, 1.54) is 0 Å². The summed E-state index contributed by atoms with van der Waals surface area (Å²) in [6, 6.07) is 10.0. The molecule has 0 unspecified atom stereocenters. The quantitative estimate of drug-likeness (QED) is 0.296.